The van der Waals surface area contributed by atoms with Gasteiger partial charge in [-0.05, 0) is 24.7 Å². The van der Waals surface area contributed by atoms with Crippen molar-refractivity contribution in [2.45, 2.75) is 79.2 Å². The monoisotopic (exact) mass is 285 g/mol. The molecule has 4 N–H and O–H groups in total. The van der Waals surface area contributed by atoms with Crippen molar-refractivity contribution in [2.75, 3.05) is 0 Å². The van der Waals surface area contributed by atoms with Gasteiger partial charge in [-0.1, -0.05) is 59.8 Å². The molecule has 1 rings (SSSR count). The smallest absolute Gasteiger partial charge is 0.0426 e. The highest BCUT2D eigenvalue weighted by Crippen LogP contribution is 2.38. The van der Waals surface area contributed by atoms with E-state index < -0.39 is 0 Å². The number of hydrogen-bond donors (Lipinski definition) is 4. The molecule has 1 saturated heterocycles. The molecule has 0 spiro atoms. The Bertz CT molecular complexity index is 254. The van der Waals surface area contributed by atoms with Crippen molar-refractivity contribution in [1.29, 1.82) is 0 Å². The van der Waals surface area contributed by atoms with E-state index in [2.05, 4.69) is 62.3 Å². The predicted octanol–water partition coefficient (Wildman–Crippen LogP) is 2.94. The molecule has 1 heterocycles. The van der Waals surface area contributed by atoms with E-state index in [1.165, 1.54) is 38.5 Å². The highest BCUT2D eigenvalue weighted by Gasteiger charge is 2.37. The lowest BCUT2D eigenvalue weighted by Gasteiger charge is -2.50. The van der Waals surface area contributed by atoms with Crippen molar-refractivity contribution >= 4 is 0 Å². The summed E-state index contributed by atoms with van der Waals surface area (Å²) in [6.45, 7) is 11.5. The lowest BCUT2D eigenvalue weighted by Crippen LogP contribution is -2.68. The zero-order chi connectivity index (χ0) is 15.0. The molecular weight excluding hydrogens is 252 g/mol. The predicted molar refractivity (Wildman–Crippen MR) is 83.5 cm³/mol. The lowest BCUT2D eigenvalue weighted by molar-refractivity contribution is -0.0565. The van der Waals surface area contributed by atoms with Crippen LogP contribution in [-0.2, 0) is 0 Å². The molecule has 2 unspecified atom stereocenters. The van der Waals surface area contributed by atoms with Gasteiger partial charge >= 0.3 is 0 Å². The van der Waals surface area contributed by atoms with Crippen molar-refractivity contribution in [2.24, 2.45) is 11.3 Å². The Labute approximate surface area is 124 Å². The summed E-state index contributed by atoms with van der Waals surface area (Å²) in [6, 6.07) is 0.326. The Balaban J connectivity index is 2.50. The van der Waals surface area contributed by atoms with Crippen LogP contribution in [0.4, 0.5) is 0 Å². The van der Waals surface area contributed by atoms with Crippen LogP contribution in [0.25, 0.3) is 5.53 Å². The first-order valence-electron chi connectivity index (χ1n) is 8.02. The average Bonchev–Trinajstić information content (AvgIpc) is 2.46. The maximum absolute atomic E-state index is 3.93. The first-order chi connectivity index (χ1) is 9.52. The van der Waals surface area contributed by atoms with Gasteiger partial charge in [0.1, 0.15) is 0 Å². The molecule has 20 heavy (non-hydrogen) atoms. The van der Waals surface area contributed by atoms with E-state index >= 15 is 0 Å². The van der Waals surface area contributed by atoms with Crippen LogP contribution >= 0.6 is 0 Å². The minimum atomic E-state index is 0.237. The molecule has 6 heteroatoms. The van der Waals surface area contributed by atoms with Crippen LogP contribution in [-0.4, -0.2) is 11.2 Å². The fourth-order valence-electron chi connectivity index (χ4n) is 2.78. The molecule has 6 nitrogen and oxygen atoms in total. The first-order valence-corrected chi connectivity index (χ1v) is 8.02. The molecule has 120 valence electrons. The highest BCUT2D eigenvalue weighted by atomic mass is 16.1. The zero-order valence-corrected chi connectivity index (χ0v) is 13.8. The summed E-state index contributed by atoms with van der Waals surface area (Å²) in [5, 5.41) is 1.93. The minimum absolute atomic E-state index is 0.237. The van der Waals surface area contributed by atoms with Gasteiger partial charge in [-0.25, -0.2) is 0 Å². The molecule has 2 atom stereocenters. The third kappa shape index (κ3) is 4.95. The summed E-state index contributed by atoms with van der Waals surface area (Å²) in [7, 11) is 0. The third-order valence-electron chi connectivity index (χ3n) is 4.93. The number of hydrogen-bond acceptors (Lipinski definition) is 5. The topological polar surface area (TPSA) is 65.5 Å². The fraction of sp³-hybridized carbons (Fsp3) is 1.00. The molecule has 1 aliphatic heterocycles. The number of nitrogens with zero attached hydrogens (tertiary/aromatic N) is 2. The van der Waals surface area contributed by atoms with Gasteiger partial charge in [-0.3, -0.25) is 0 Å². The highest BCUT2D eigenvalue weighted by molar-refractivity contribution is 4.88. The number of rotatable bonds is 9. The quantitative estimate of drug-likeness (QED) is 0.491. The molecule has 0 aromatic carbocycles. The van der Waals surface area contributed by atoms with E-state index in [1.807, 2.05) is 5.12 Å². The van der Waals surface area contributed by atoms with Crippen molar-refractivity contribution in [3.63, 3.8) is 0 Å². The molecule has 0 aliphatic carbocycles. The standard InChI is InChI=1S/C14H33N6/c1-6-7-8-9-10-11-14(5,12(2)3)13(4)20-18-16-15-17-19-20/h12-13,15-16,18-19H,6-11H2,1-5H3/q-1. The van der Waals surface area contributed by atoms with E-state index in [4.69, 9.17) is 0 Å². The van der Waals surface area contributed by atoms with E-state index in [-0.39, 0.29) is 5.41 Å². The van der Waals surface area contributed by atoms with Crippen molar-refractivity contribution in [1.82, 2.24) is 27.3 Å². The van der Waals surface area contributed by atoms with Crippen LogP contribution in [0, 0.1) is 11.3 Å². The third-order valence-corrected chi connectivity index (χ3v) is 4.93. The Morgan fingerprint density at radius 3 is 2.35 bits per heavy atom. The molecule has 0 bridgehead atoms. The van der Waals surface area contributed by atoms with Crippen LogP contribution in [0.3, 0.4) is 0 Å². The Morgan fingerprint density at radius 1 is 1.10 bits per heavy atom. The number of hydrazine groups is 4. The molecule has 0 aromatic rings. The van der Waals surface area contributed by atoms with Gasteiger partial charge in [-0.2, -0.15) is 16.2 Å². The van der Waals surface area contributed by atoms with Gasteiger partial charge in [0.05, 0.1) is 0 Å². The van der Waals surface area contributed by atoms with Crippen molar-refractivity contribution < 1.29 is 0 Å². The second-order valence-electron chi connectivity index (χ2n) is 6.43. The maximum atomic E-state index is 3.93. The number of nitrogens with one attached hydrogen (secondary N) is 4. The molecular formula is C14H33N6-. The van der Waals surface area contributed by atoms with Gasteiger partial charge in [0.25, 0.3) is 0 Å². The Morgan fingerprint density at radius 2 is 1.80 bits per heavy atom. The second-order valence-corrected chi connectivity index (χ2v) is 6.43. The van der Waals surface area contributed by atoms with Crippen LogP contribution in [0.5, 0.6) is 0 Å². The summed E-state index contributed by atoms with van der Waals surface area (Å²) in [6.07, 6.45) is 7.91. The average molecular weight is 285 g/mol. The summed E-state index contributed by atoms with van der Waals surface area (Å²) in [5.74, 6) is 0.613. The summed E-state index contributed by atoms with van der Waals surface area (Å²) in [5.41, 5.74) is 15.6. The molecule has 0 amide bonds. The number of unbranched alkanes of at least 4 members (excludes halogenated alkanes) is 4. The summed E-state index contributed by atoms with van der Waals surface area (Å²) < 4.78 is 0. The first kappa shape index (κ1) is 17.8. The van der Waals surface area contributed by atoms with Crippen LogP contribution in [0.1, 0.15) is 73.1 Å². The van der Waals surface area contributed by atoms with Crippen LogP contribution in [0.15, 0.2) is 0 Å². The van der Waals surface area contributed by atoms with Crippen LogP contribution in [0.2, 0.25) is 0 Å². The van der Waals surface area contributed by atoms with E-state index in [0.717, 1.165) is 0 Å². The molecule has 0 aromatic heterocycles. The fourth-order valence-corrected chi connectivity index (χ4v) is 2.78. The molecule has 1 aliphatic rings. The van der Waals surface area contributed by atoms with Gasteiger partial charge in [-0.15, -0.1) is 0 Å². The van der Waals surface area contributed by atoms with E-state index in [0.29, 0.717) is 12.0 Å². The van der Waals surface area contributed by atoms with Gasteiger partial charge in [0.15, 0.2) is 0 Å². The molecule has 0 saturated carbocycles. The zero-order valence-electron chi connectivity index (χ0n) is 13.8. The molecule has 0 radical (unpaired) electrons. The second kappa shape index (κ2) is 8.92. The minimum Gasteiger partial charge on any atom is -0.501 e. The van der Waals surface area contributed by atoms with E-state index in [9.17, 15) is 0 Å². The summed E-state index contributed by atoms with van der Waals surface area (Å²) >= 11 is 0. The Kier molecular flexibility index (Phi) is 7.94. The van der Waals surface area contributed by atoms with Crippen molar-refractivity contribution in [3.8, 4) is 0 Å². The largest absolute Gasteiger partial charge is 0.501 e. The Hall–Kier alpha value is -0.240. The van der Waals surface area contributed by atoms with E-state index in [1.54, 1.807) is 0 Å². The van der Waals surface area contributed by atoms with Gasteiger partial charge in [0, 0.05) is 6.04 Å². The van der Waals surface area contributed by atoms with Crippen LogP contribution < -0.4 is 22.1 Å². The normalized spacial score (nSPS) is 21.9. The lowest BCUT2D eigenvalue weighted by atomic mass is 9.70. The maximum Gasteiger partial charge on any atom is 0.0426 e. The van der Waals surface area contributed by atoms with Crippen molar-refractivity contribution in [3.05, 3.63) is 5.53 Å². The van der Waals surface area contributed by atoms with Gasteiger partial charge < -0.3 is 16.6 Å². The summed E-state index contributed by atoms with van der Waals surface area (Å²) in [4.78, 5) is 0. The van der Waals surface area contributed by atoms with Gasteiger partial charge in [0.2, 0.25) is 0 Å². The molecule has 1 fully saturated rings. The SMILES string of the molecule is CCCCCCCC(C)(C(C)C)C(C)N1N[N-]NNN1.